The molecule has 0 spiro atoms. The maximum atomic E-state index is 9.11. The van der Waals surface area contributed by atoms with Crippen LogP contribution >= 0.6 is 0 Å². The lowest BCUT2D eigenvalue weighted by atomic mass is 9.65. The largest absolute Gasteiger partial charge is 0.467 e. The molecule has 3 N–H and O–H groups in total. The Labute approximate surface area is 123 Å². The Morgan fingerprint density at radius 1 is 1.48 bits per heavy atom. The van der Waals surface area contributed by atoms with Crippen molar-refractivity contribution in [2.24, 2.45) is 5.73 Å². The maximum Gasteiger partial charge on any atom is 0.191 e. The quantitative estimate of drug-likeness (QED) is 0.801. The number of anilines is 1. The second kappa shape index (κ2) is 5.86. The lowest BCUT2D eigenvalue weighted by Gasteiger charge is -2.10. The van der Waals surface area contributed by atoms with Gasteiger partial charge in [0.05, 0.1) is 18.5 Å². The molecule has 21 heavy (non-hydrogen) atoms. The lowest BCUT2D eigenvalue weighted by molar-refractivity contribution is 0.518. The van der Waals surface area contributed by atoms with Crippen molar-refractivity contribution in [2.75, 3.05) is 11.9 Å². The number of pyridine rings is 1. The minimum Gasteiger partial charge on any atom is -0.467 e. The fourth-order valence-corrected chi connectivity index (χ4v) is 2.35. The molecule has 0 saturated carbocycles. The van der Waals surface area contributed by atoms with E-state index in [-0.39, 0.29) is 0 Å². The van der Waals surface area contributed by atoms with E-state index < -0.39 is 0 Å². The molecule has 0 aliphatic carbocycles. The Kier molecular flexibility index (Phi) is 3.76. The molecular weight excluding hydrogens is 263 g/mol. The van der Waals surface area contributed by atoms with Gasteiger partial charge in [0, 0.05) is 5.69 Å². The number of hydrogen-bond donors (Lipinski definition) is 2. The molecule has 0 unspecified atom stereocenters. The molecule has 1 radical (unpaired) electrons. The Bertz CT molecular complexity index is 716. The number of nitrogens with zero attached hydrogens (tertiary/aromatic N) is 2. The van der Waals surface area contributed by atoms with Crippen molar-refractivity contribution in [3.8, 4) is 6.07 Å². The number of furan rings is 1. The first-order valence-electron chi connectivity index (χ1n) is 6.77. The van der Waals surface area contributed by atoms with Gasteiger partial charge >= 0.3 is 0 Å². The third-order valence-corrected chi connectivity index (χ3v) is 3.32. The van der Waals surface area contributed by atoms with Gasteiger partial charge in [0.25, 0.3) is 0 Å². The average molecular weight is 277 g/mol. The Morgan fingerprint density at radius 3 is 3.10 bits per heavy atom. The predicted molar refractivity (Wildman–Crippen MR) is 82.0 cm³/mol. The van der Waals surface area contributed by atoms with E-state index >= 15 is 0 Å². The molecule has 0 aromatic carbocycles. The van der Waals surface area contributed by atoms with Crippen molar-refractivity contribution >= 4 is 24.5 Å². The number of aromatic nitrogens is 1. The van der Waals surface area contributed by atoms with Crippen LogP contribution in [-0.4, -0.2) is 18.8 Å². The van der Waals surface area contributed by atoms with Crippen LogP contribution in [0.25, 0.3) is 6.08 Å². The molecule has 0 atom stereocenters. The minimum absolute atomic E-state index is 0.398. The third-order valence-electron chi connectivity index (χ3n) is 3.32. The highest BCUT2D eigenvalue weighted by Crippen LogP contribution is 2.19. The molecule has 6 heteroatoms. The first kappa shape index (κ1) is 13.5. The number of fused-ring (bicyclic) bond motifs is 1. The van der Waals surface area contributed by atoms with Gasteiger partial charge in [-0.15, -0.1) is 0 Å². The summed E-state index contributed by atoms with van der Waals surface area (Å²) in [7, 11) is 2.07. The molecule has 103 valence electrons. The monoisotopic (exact) mass is 277 g/mol. The van der Waals surface area contributed by atoms with Gasteiger partial charge in [-0.25, -0.2) is 4.98 Å². The van der Waals surface area contributed by atoms with Crippen molar-refractivity contribution in [1.29, 1.82) is 5.26 Å². The summed E-state index contributed by atoms with van der Waals surface area (Å²) in [5.74, 6) is 0.840. The van der Waals surface area contributed by atoms with E-state index in [0.29, 0.717) is 18.8 Å². The molecule has 0 fully saturated rings. The van der Waals surface area contributed by atoms with Gasteiger partial charge in [0.2, 0.25) is 0 Å². The average Bonchev–Trinajstić information content (AvgIpc) is 3.13. The van der Waals surface area contributed by atoms with Crippen molar-refractivity contribution in [3.63, 3.8) is 0 Å². The van der Waals surface area contributed by atoms with Crippen LogP contribution < -0.4 is 16.5 Å². The summed E-state index contributed by atoms with van der Waals surface area (Å²) in [6.45, 7) is 1.16. The van der Waals surface area contributed by atoms with E-state index in [1.165, 1.54) is 0 Å². The van der Waals surface area contributed by atoms with Crippen LogP contribution in [0.5, 0.6) is 0 Å². The van der Waals surface area contributed by atoms with Crippen LogP contribution in [0.1, 0.15) is 23.6 Å². The van der Waals surface area contributed by atoms with Crippen LogP contribution in [0.15, 0.2) is 34.4 Å². The van der Waals surface area contributed by atoms with Gasteiger partial charge in [-0.05, 0) is 42.7 Å². The standard InChI is InChI=1S/C15H14BN4O/c17-4-3-10-6-14-15(16-10)13(7-11(8-18)20-14)19-9-12-2-1-5-21-12/h1-2,5-7H,3-4,9,17H2,(H,19,20). The smallest absolute Gasteiger partial charge is 0.191 e. The topological polar surface area (TPSA) is 87.9 Å². The van der Waals surface area contributed by atoms with Gasteiger partial charge in [0.15, 0.2) is 7.28 Å². The number of hydrogen-bond acceptors (Lipinski definition) is 5. The maximum absolute atomic E-state index is 9.11. The molecule has 0 saturated heterocycles. The van der Waals surface area contributed by atoms with Gasteiger partial charge in [-0.3, -0.25) is 0 Å². The van der Waals surface area contributed by atoms with Crippen LogP contribution in [0.3, 0.4) is 0 Å². The summed E-state index contributed by atoms with van der Waals surface area (Å²) in [6.07, 6.45) is 4.43. The second-order valence-electron chi connectivity index (χ2n) is 4.80. The van der Waals surface area contributed by atoms with Crippen LogP contribution in [0.2, 0.25) is 0 Å². The normalized spacial score (nSPS) is 12.3. The summed E-state index contributed by atoms with van der Waals surface area (Å²) in [5.41, 5.74) is 9.84. The van der Waals surface area contributed by atoms with Gasteiger partial charge in [-0.1, -0.05) is 5.47 Å². The molecular formula is C15H14BN4O. The first-order chi connectivity index (χ1) is 10.3. The predicted octanol–water partition coefficient (Wildman–Crippen LogP) is 1.19. The van der Waals surface area contributed by atoms with Crippen LogP contribution in [0.4, 0.5) is 5.69 Å². The Hall–Kier alpha value is -2.52. The summed E-state index contributed by atoms with van der Waals surface area (Å²) in [5, 5.41) is 12.4. The fraction of sp³-hybridized carbons (Fsp3) is 0.200. The minimum atomic E-state index is 0.398. The molecule has 2 aromatic heterocycles. The summed E-state index contributed by atoms with van der Waals surface area (Å²) < 4.78 is 5.31. The van der Waals surface area contributed by atoms with E-state index in [1.54, 1.807) is 12.3 Å². The number of nitrogens with one attached hydrogen (secondary N) is 1. The summed E-state index contributed by atoms with van der Waals surface area (Å²) in [4.78, 5) is 4.34. The summed E-state index contributed by atoms with van der Waals surface area (Å²) >= 11 is 0. The van der Waals surface area contributed by atoms with E-state index in [1.807, 2.05) is 18.2 Å². The molecule has 5 nitrogen and oxygen atoms in total. The van der Waals surface area contributed by atoms with Crippen molar-refractivity contribution in [2.45, 2.75) is 13.0 Å². The number of nitrogens with two attached hydrogens (primary N) is 1. The van der Waals surface area contributed by atoms with Gasteiger partial charge in [0.1, 0.15) is 17.5 Å². The molecule has 0 bridgehead atoms. The highest BCUT2D eigenvalue weighted by atomic mass is 16.3. The van der Waals surface area contributed by atoms with Crippen LogP contribution in [0, 0.1) is 11.3 Å². The van der Waals surface area contributed by atoms with E-state index in [0.717, 1.165) is 34.5 Å². The van der Waals surface area contributed by atoms with Crippen LogP contribution in [-0.2, 0) is 6.54 Å². The van der Waals surface area contributed by atoms with Crippen molar-refractivity contribution in [3.05, 3.63) is 47.1 Å². The van der Waals surface area contributed by atoms with Gasteiger partial charge in [-0.2, -0.15) is 5.26 Å². The first-order valence-corrected chi connectivity index (χ1v) is 6.77. The highest BCUT2D eigenvalue weighted by molar-refractivity contribution is 6.66. The lowest BCUT2D eigenvalue weighted by Crippen LogP contribution is -2.22. The SMILES string of the molecule is N#Cc1cc(NCc2ccco2)c2c(n1)C=C(CCN)[B]2. The van der Waals surface area contributed by atoms with Crippen molar-refractivity contribution < 1.29 is 4.42 Å². The van der Waals surface area contributed by atoms with Gasteiger partial charge < -0.3 is 15.5 Å². The molecule has 1 aliphatic rings. The highest BCUT2D eigenvalue weighted by Gasteiger charge is 2.20. The fourth-order valence-electron chi connectivity index (χ4n) is 2.35. The Morgan fingerprint density at radius 2 is 2.38 bits per heavy atom. The molecule has 2 aromatic rings. The van der Waals surface area contributed by atoms with E-state index in [9.17, 15) is 0 Å². The molecule has 3 heterocycles. The zero-order chi connectivity index (χ0) is 14.7. The second-order valence-corrected chi connectivity index (χ2v) is 4.80. The number of rotatable bonds is 5. The van der Waals surface area contributed by atoms with E-state index in [4.69, 9.17) is 15.4 Å². The third kappa shape index (κ3) is 2.83. The molecule has 0 amide bonds. The number of nitriles is 1. The zero-order valence-corrected chi connectivity index (χ0v) is 11.5. The molecule has 3 rings (SSSR count). The molecule has 1 aliphatic heterocycles. The van der Waals surface area contributed by atoms with E-state index in [2.05, 4.69) is 23.6 Å². The zero-order valence-electron chi connectivity index (χ0n) is 11.5. The Balaban J connectivity index is 1.86. The summed E-state index contributed by atoms with van der Waals surface area (Å²) in [6, 6.07) is 7.61. The van der Waals surface area contributed by atoms with Crippen molar-refractivity contribution in [1.82, 2.24) is 4.98 Å².